The molecule has 5 nitrogen and oxygen atoms in total. The molecular formula is C22H29N5. The summed E-state index contributed by atoms with van der Waals surface area (Å²) in [6.07, 6.45) is 5.30. The van der Waals surface area contributed by atoms with Crippen LogP contribution in [0.25, 0.3) is 0 Å². The van der Waals surface area contributed by atoms with E-state index in [1.807, 2.05) is 12.3 Å². The highest BCUT2D eigenvalue weighted by Gasteiger charge is 2.17. The Labute approximate surface area is 162 Å². The maximum Gasteiger partial charge on any atom is 0.128 e. The van der Waals surface area contributed by atoms with Crippen LogP contribution in [0.15, 0.2) is 53.7 Å². The molecule has 1 saturated heterocycles. The third-order valence-electron chi connectivity index (χ3n) is 5.45. The van der Waals surface area contributed by atoms with Crippen molar-refractivity contribution < 1.29 is 0 Å². The van der Waals surface area contributed by atoms with E-state index in [9.17, 15) is 0 Å². The number of hydrogen-bond donors (Lipinski definition) is 1. The van der Waals surface area contributed by atoms with Gasteiger partial charge >= 0.3 is 0 Å². The van der Waals surface area contributed by atoms with Crippen molar-refractivity contribution in [2.24, 2.45) is 4.99 Å². The van der Waals surface area contributed by atoms with E-state index in [0.29, 0.717) is 0 Å². The fourth-order valence-corrected chi connectivity index (χ4v) is 3.91. The zero-order valence-corrected chi connectivity index (χ0v) is 16.0. The molecule has 0 radical (unpaired) electrons. The summed E-state index contributed by atoms with van der Waals surface area (Å²) >= 11 is 0. The first-order valence-corrected chi connectivity index (χ1v) is 10.1. The van der Waals surface area contributed by atoms with Gasteiger partial charge in [0.15, 0.2) is 0 Å². The lowest BCUT2D eigenvalue weighted by atomic mass is 10.0. The van der Waals surface area contributed by atoms with Crippen LogP contribution >= 0.6 is 0 Å². The van der Waals surface area contributed by atoms with Crippen LogP contribution in [0.1, 0.15) is 24.8 Å². The Morgan fingerprint density at radius 3 is 2.67 bits per heavy atom. The quantitative estimate of drug-likeness (QED) is 0.800. The molecule has 1 N–H and O–H groups in total. The molecule has 2 aliphatic heterocycles. The lowest BCUT2D eigenvalue weighted by Crippen LogP contribution is -2.46. The van der Waals surface area contributed by atoms with Crippen LogP contribution in [0, 0.1) is 0 Å². The number of piperazine rings is 1. The number of para-hydroxylation sites is 1. The molecule has 0 unspecified atom stereocenters. The fraction of sp³-hybridized carbons (Fsp3) is 0.455. The molecule has 27 heavy (non-hydrogen) atoms. The van der Waals surface area contributed by atoms with Crippen molar-refractivity contribution in [2.75, 3.05) is 56.0 Å². The van der Waals surface area contributed by atoms with E-state index in [0.717, 1.165) is 51.5 Å². The Balaban J connectivity index is 1.18. The van der Waals surface area contributed by atoms with Gasteiger partial charge in [0, 0.05) is 68.8 Å². The minimum absolute atomic E-state index is 0.942. The monoisotopic (exact) mass is 363 g/mol. The van der Waals surface area contributed by atoms with E-state index in [4.69, 9.17) is 4.99 Å². The maximum absolute atomic E-state index is 4.90. The van der Waals surface area contributed by atoms with Gasteiger partial charge in [0.2, 0.25) is 0 Å². The summed E-state index contributed by atoms with van der Waals surface area (Å²) in [5.41, 5.74) is 3.79. The van der Waals surface area contributed by atoms with Crippen molar-refractivity contribution in [3.63, 3.8) is 0 Å². The fourth-order valence-electron chi connectivity index (χ4n) is 3.91. The number of benzene rings is 1. The van der Waals surface area contributed by atoms with Crippen molar-refractivity contribution in [3.8, 4) is 0 Å². The molecule has 3 heterocycles. The average molecular weight is 364 g/mol. The summed E-state index contributed by atoms with van der Waals surface area (Å²) in [5.74, 6) is 1.11. The number of anilines is 2. The summed E-state index contributed by atoms with van der Waals surface area (Å²) < 4.78 is 0. The smallest absolute Gasteiger partial charge is 0.128 e. The number of nitrogens with zero attached hydrogens (tertiary/aromatic N) is 4. The minimum atomic E-state index is 0.942. The van der Waals surface area contributed by atoms with Gasteiger partial charge in [-0.2, -0.15) is 0 Å². The van der Waals surface area contributed by atoms with E-state index in [1.54, 1.807) is 0 Å². The van der Waals surface area contributed by atoms with Crippen LogP contribution in [0.3, 0.4) is 0 Å². The number of aromatic nitrogens is 1. The Bertz CT molecular complexity index is 750. The first kappa shape index (κ1) is 18.0. The molecule has 2 aliphatic rings. The SMILES string of the molecule is c1ccc(N2CCN(CCCCN=C3CCNc4ccccc43)CC2)nc1. The van der Waals surface area contributed by atoms with Gasteiger partial charge in [0.25, 0.3) is 0 Å². The topological polar surface area (TPSA) is 43.8 Å². The maximum atomic E-state index is 4.90. The Kier molecular flexibility index (Phi) is 5.99. The predicted octanol–water partition coefficient (Wildman–Crippen LogP) is 3.29. The molecule has 0 atom stereocenters. The highest BCUT2D eigenvalue weighted by molar-refractivity contribution is 6.06. The van der Waals surface area contributed by atoms with E-state index in [1.165, 1.54) is 36.3 Å². The van der Waals surface area contributed by atoms with E-state index in [-0.39, 0.29) is 0 Å². The second-order valence-corrected chi connectivity index (χ2v) is 7.27. The number of nitrogens with one attached hydrogen (secondary N) is 1. The first-order valence-electron chi connectivity index (χ1n) is 10.1. The van der Waals surface area contributed by atoms with Crippen LogP contribution in [-0.4, -0.2) is 61.4 Å². The van der Waals surface area contributed by atoms with E-state index < -0.39 is 0 Å². The van der Waals surface area contributed by atoms with Gasteiger partial charge < -0.3 is 10.2 Å². The van der Waals surface area contributed by atoms with Crippen LogP contribution in [0.2, 0.25) is 0 Å². The Morgan fingerprint density at radius 2 is 1.81 bits per heavy atom. The van der Waals surface area contributed by atoms with Gasteiger partial charge in [0.1, 0.15) is 5.82 Å². The van der Waals surface area contributed by atoms with Gasteiger partial charge in [-0.1, -0.05) is 24.3 Å². The second-order valence-electron chi connectivity index (χ2n) is 7.27. The summed E-state index contributed by atoms with van der Waals surface area (Å²) in [5, 5.41) is 3.46. The average Bonchev–Trinajstić information content (AvgIpc) is 2.75. The molecule has 0 bridgehead atoms. The number of hydrogen-bond acceptors (Lipinski definition) is 5. The van der Waals surface area contributed by atoms with Crippen molar-refractivity contribution in [2.45, 2.75) is 19.3 Å². The number of pyridine rings is 1. The summed E-state index contributed by atoms with van der Waals surface area (Å²) in [7, 11) is 0. The number of rotatable bonds is 6. The Hall–Kier alpha value is -2.40. The highest BCUT2D eigenvalue weighted by atomic mass is 15.3. The molecular weight excluding hydrogens is 334 g/mol. The molecule has 0 amide bonds. The largest absolute Gasteiger partial charge is 0.384 e. The van der Waals surface area contributed by atoms with Crippen molar-refractivity contribution in [1.82, 2.24) is 9.88 Å². The number of fused-ring (bicyclic) bond motifs is 1. The van der Waals surface area contributed by atoms with E-state index >= 15 is 0 Å². The molecule has 0 spiro atoms. The van der Waals surface area contributed by atoms with Gasteiger partial charge in [-0.05, 0) is 37.6 Å². The summed E-state index contributed by atoms with van der Waals surface area (Å²) in [4.78, 5) is 14.3. The van der Waals surface area contributed by atoms with Crippen LogP contribution in [0.4, 0.5) is 11.5 Å². The zero-order chi connectivity index (χ0) is 18.3. The zero-order valence-electron chi connectivity index (χ0n) is 16.0. The molecule has 1 aromatic heterocycles. The molecule has 5 heteroatoms. The molecule has 1 fully saturated rings. The van der Waals surface area contributed by atoms with Crippen molar-refractivity contribution in [1.29, 1.82) is 0 Å². The molecule has 0 aliphatic carbocycles. The van der Waals surface area contributed by atoms with Gasteiger partial charge in [-0.15, -0.1) is 0 Å². The molecule has 2 aromatic rings. The lowest BCUT2D eigenvalue weighted by Gasteiger charge is -2.35. The minimum Gasteiger partial charge on any atom is -0.384 e. The van der Waals surface area contributed by atoms with Crippen LogP contribution in [0.5, 0.6) is 0 Å². The summed E-state index contributed by atoms with van der Waals surface area (Å²) in [6, 6.07) is 14.7. The first-order chi connectivity index (χ1) is 13.4. The third-order valence-corrected chi connectivity index (χ3v) is 5.45. The van der Waals surface area contributed by atoms with Gasteiger partial charge in [0.05, 0.1) is 0 Å². The van der Waals surface area contributed by atoms with Gasteiger partial charge in [-0.3, -0.25) is 9.89 Å². The highest BCUT2D eigenvalue weighted by Crippen LogP contribution is 2.21. The molecule has 142 valence electrons. The Morgan fingerprint density at radius 1 is 0.963 bits per heavy atom. The normalized spacial score (nSPS) is 19.0. The molecule has 4 rings (SSSR count). The third kappa shape index (κ3) is 4.66. The van der Waals surface area contributed by atoms with Crippen molar-refractivity contribution in [3.05, 3.63) is 54.2 Å². The van der Waals surface area contributed by atoms with Crippen LogP contribution < -0.4 is 10.2 Å². The number of aliphatic imine (C=N–C) groups is 1. The lowest BCUT2D eigenvalue weighted by molar-refractivity contribution is 0.253. The van der Waals surface area contributed by atoms with Crippen molar-refractivity contribution >= 4 is 17.2 Å². The molecule has 0 saturated carbocycles. The predicted molar refractivity (Wildman–Crippen MR) is 113 cm³/mol. The van der Waals surface area contributed by atoms with E-state index in [2.05, 4.69) is 56.5 Å². The number of unbranched alkanes of at least 4 members (excludes halogenated alkanes) is 1. The van der Waals surface area contributed by atoms with Gasteiger partial charge in [-0.25, -0.2) is 4.98 Å². The standard InChI is InChI=1S/C22H29N5/c1-2-8-20-19(7-1)21(10-13-24-20)23-11-5-6-14-26-15-17-27(18-16-26)22-9-3-4-12-25-22/h1-4,7-9,12,24H,5-6,10-11,13-18H2. The summed E-state index contributed by atoms with van der Waals surface area (Å²) in [6.45, 7) is 7.52. The van der Waals surface area contributed by atoms with Crippen LogP contribution in [-0.2, 0) is 0 Å². The second kappa shape index (κ2) is 9.00. The molecule has 1 aromatic carbocycles.